The first-order chi connectivity index (χ1) is 11.1. The van der Waals surface area contributed by atoms with Crippen molar-refractivity contribution in [3.63, 3.8) is 0 Å². The topological polar surface area (TPSA) is 57.8 Å². The van der Waals surface area contributed by atoms with Gasteiger partial charge in [-0.3, -0.25) is 4.79 Å². The van der Waals surface area contributed by atoms with Crippen LogP contribution in [0.3, 0.4) is 0 Å². The summed E-state index contributed by atoms with van der Waals surface area (Å²) in [7, 11) is 0. The normalized spacial score (nSPS) is 17.7. The second-order valence-electron chi connectivity index (χ2n) is 5.24. The Balaban J connectivity index is 1.64. The lowest BCUT2D eigenvalue weighted by Gasteiger charge is -2.10. The summed E-state index contributed by atoms with van der Waals surface area (Å²) in [5, 5.41) is 4.11. The van der Waals surface area contributed by atoms with Crippen molar-refractivity contribution in [2.75, 3.05) is 6.54 Å². The number of H-pyrrole nitrogens is 1. The lowest BCUT2D eigenvalue weighted by atomic mass is 10.1. The average Bonchev–Trinajstić information content (AvgIpc) is 2.93. The van der Waals surface area contributed by atoms with Crippen LogP contribution in [-0.2, 0) is 4.79 Å². The summed E-state index contributed by atoms with van der Waals surface area (Å²) < 4.78 is 13.2. The Morgan fingerprint density at radius 2 is 2.43 bits per heavy atom. The molecule has 23 heavy (non-hydrogen) atoms. The van der Waals surface area contributed by atoms with Crippen LogP contribution in [0.15, 0.2) is 48.3 Å². The molecule has 0 bridgehead atoms. The minimum atomic E-state index is -0.967. The van der Waals surface area contributed by atoms with Gasteiger partial charge in [0, 0.05) is 42.4 Å². The van der Waals surface area contributed by atoms with Gasteiger partial charge in [0.15, 0.2) is 0 Å². The van der Waals surface area contributed by atoms with E-state index in [-0.39, 0.29) is 5.91 Å². The van der Waals surface area contributed by atoms with Gasteiger partial charge in [0.2, 0.25) is 5.91 Å². The van der Waals surface area contributed by atoms with Crippen molar-refractivity contribution in [2.45, 2.75) is 12.6 Å². The van der Waals surface area contributed by atoms with E-state index in [0.29, 0.717) is 23.6 Å². The first-order valence-corrected chi connectivity index (χ1v) is 7.59. The molecule has 4 nitrogen and oxygen atoms in total. The van der Waals surface area contributed by atoms with Crippen LogP contribution in [0, 0.1) is 0 Å². The summed E-state index contributed by atoms with van der Waals surface area (Å²) in [4.78, 5) is 19.0. The Morgan fingerprint density at radius 3 is 3.26 bits per heavy atom. The summed E-state index contributed by atoms with van der Waals surface area (Å²) >= 11 is 5.93. The molecule has 1 unspecified atom stereocenters. The minimum Gasteiger partial charge on any atom is -0.348 e. The van der Waals surface area contributed by atoms with Crippen molar-refractivity contribution in [3.05, 3.63) is 58.9 Å². The molecular weight excluding hydrogens is 317 g/mol. The third kappa shape index (κ3) is 3.87. The zero-order valence-corrected chi connectivity index (χ0v) is 13.0. The van der Waals surface area contributed by atoms with Crippen LogP contribution < -0.4 is 5.32 Å². The highest BCUT2D eigenvalue weighted by atomic mass is 35.5. The zero-order valence-electron chi connectivity index (χ0n) is 12.2. The molecule has 0 aliphatic heterocycles. The van der Waals surface area contributed by atoms with Gasteiger partial charge in [0.25, 0.3) is 0 Å². The van der Waals surface area contributed by atoms with E-state index in [2.05, 4.69) is 15.3 Å². The number of carbonyl (C=O) groups is 1. The number of carbonyl (C=O) groups excluding carboxylic acids is 1. The summed E-state index contributed by atoms with van der Waals surface area (Å²) in [6.45, 7) is 0.307. The number of aromatic nitrogens is 2. The van der Waals surface area contributed by atoms with Crippen molar-refractivity contribution in [2.24, 2.45) is 0 Å². The maximum Gasteiger partial charge on any atom is 0.244 e. The number of allylic oxidation sites excluding steroid dienone is 2. The van der Waals surface area contributed by atoms with E-state index >= 15 is 0 Å². The third-order valence-electron chi connectivity index (χ3n) is 3.50. The molecular formula is C17H15ClFN3O. The highest BCUT2D eigenvalue weighted by Gasteiger charge is 2.08. The third-order valence-corrected chi connectivity index (χ3v) is 3.71. The van der Waals surface area contributed by atoms with Crippen LogP contribution in [0.1, 0.15) is 12.0 Å². The molecule has 0 saturated carbocycles. The summed E-state index contributed by atoms with van der Waals surface area (Å²) in [6, 6.07) is 1.79. The van der Waals surface area contributed by atoms with Crippen LogP contribution in [0.25, 0.3) is 17.1 Å². The number of fused-ring (bicyclic) bond motifs is 1. The first kappa shape index (κ1) is 15.5. The minimum absolute atomic E-state index is 0.246. The molecule has 0 aromatic carbocycles. The van der Waals surface area contributed by atoms with Gasteiger partial charge in [-0.1, -0.05) is 23.8 Å². The molecule has 0 radical (unpaired) electrons. The van der Waals surface area contributed by atoms with E-state index in [1.807, 2.05) is 6.08 Å². The van der Waals surface area contributed by atoms with Gasteiger partial charge in [0.05, 0.1) is 5.02 Å². The van der Waals surface area contributed by atoms with Crippen LogP contribution in [-0.4, -0.2) is 28.6 Å². The van der Waals surface area contributed by atoms with Crippen LogP contribution in [0.4, 0.5) is 4.39 Å². The number of nitrogens with zero attached hydrogens (tertiary/aromatic N) is 1. The predicted molar refractivity (Wildman–Crippen MR) is 89.9 cm³/mol. The fourth-order valence-corrected chi connectivity index (χ4v) is 2.53. The molecule has 1 aliphatic carbocycles. The summed E-state index contributed by atoms with van der Waals surface area (Å²) in [6.07, 6.45) is 11.0. The van der Waals surface area contributed by atoms with Crippen molar-refractivity contribution >= 4 is 34.6 Å². The molecule has 1 aliphatic rings. The number of hydrogen-bond donors (Lipinski definition) is 2. The number of amides is 1. The van der Waals surface area contributed by atoms with E-state index < -0.39 is 6.17 Å². The van der Waals surface area contributed by atoms with E-state index in [0.717, 1.165) is 16.5 Å². The summed E-state index contributed by atoms with van der Waals surface area (Å²) in [5.74, 6) is -0.246. The number of hydrogen-bond acceptors (Lipinski definition) is 2. The van der Waals surface area contributed by atoms with Gasteiger partial charge in [-0.05, 0) is 23.8 Å². The van der Waals surface area contributed by atoms with Crippen molar-refractivity contribution < 1.29 is 9.18 Å². The van der Waals surface area contributed by atoms with Crippen molar-refractivity contribution in [1.29, 1.82) is 0 Å². The second-order valence-corrected chi connectivity index (χ2v) is 5.68. The number of nitrogens with one attached hydrogen (secondary N) is 2. The van der Waals surface area contributed by atoms with Gasteiger partial charge in [-0.25, -0.2) is 9.37 Å². The molecule has 0 saturated heterocycles. The van der Waals surface area contributed by atoms with Gasteiger partial charge >= 0.3 is 0 Å². The second kappa shape index (κ2) is 6.79. The Morgan fingerprint density at radius 1 is 1.57 bits per heavy atom. The number of alkyl halides is 1. The fourth-order valence-electron chi connectivity index (χ4n) is 2.37. The molecule has 0 fully saturated rings. The first-order valence-electron chi connectivity index (χ1n) is 7.21. The molecule has 6 heteroatoms. The van der Waals surface area contributed by atoms with Crippen molar-refractivity contribution in [1.82, 2.24) is 15.3 Å². The Hall–Kier alpha value is -2.40. The molecule has 3 rings (SSSR count). The summed E-state index contributed by atoms with van der Waals surface area (Å²) in [5.41, 5.74) is 2.31. The lowest BCUT2D eigenvalue weighted by Crippen LogP contribution is -2.24. The molecule has 2 heterocycles. The van der Waals surface area contributed by atoms with E-state index in [1.54, 1.807) is 30.6 Å². The maximum atomic E-state index is 13.2. The zero-order chi connectivity index (χ0) is 16.2. The largest absolute Gasteiger partial charge is 0.348 e. The number of halogens is 2. The lowest BCUT2D eigenvalue weighted by molar-refractivity contribution is -0.116. The molecule has 2 aromatic heterocycles. The number of pyridine rings is 1. The average molecular weight is 332 g/mol. The van der Waals surface area contributed by atoms with E-state index in [1.165, 1.54) is 12.2 Å². The van der Waals surface area contributed by atoms with Gasteiger partial charge in [-0.2, -0.15) is 0 Å². The highest BCUT2D eigenvalue weighted by molar-refractivity contribution is 6.31. The highest BCUT2D eigenvalue weighted by Crippen LogP contribution is 2.21. The SMILES string of the molecule is O=C(/C=C/c1c[nH]c2ncc(Cl)cc12)NCC1=CC(F)CC=C1. The molecule has 2 N–H and O–H groups in total. The van der Waals surface area contributed by atoms with Gasteiger partial charge in [-0.15, -0.1) is 0 Å². The van der Waals surface area contributed by atoms with Crippen LogP contribution in [0.2, 0.25) is 5.02 Å². The number of rotatable bonds is 4. The number of aromatic amines is 1. The van der Waals surface area contributed by atoms with Gasteiger partial charge < -0.3 is 10.3 Å². The van der Waals surface area contributed by atoms with Crippen LogP contribution >= 0.6 is 11.6 Å². The van der Waals surface area contributed by atoms with Gasteiger partial charge in [0.1, 0.15) is 11.8 Å². The standard InChI is InChI=1S/C17H15ClFN3O/c18-13-7-15-12(9-21-17(15)22-10-13)4-5-16(23)20-8-11-2-1-3-14(19)6-11/h1-2,4-7,9-10,14H,3,8H2,(H,20,23)(H,21,22)/b5-4+. The molecule has 1 atom stereocenters. The Kier molecular flexibility index (Phi) is 4.57. The van der Waals surface area contributed by atoms with Crippen molar-refractivity contribution in [3.8, 4) is 0 Å². The quantitative estimate of drug-likeness (QED) is 0.841. The Labute approximate surface area is 137 Å². The predicted octanol–water partition coefficient (Wildman–Crippen LogP) is 3.57. The Bertz CT molecular complexity index is 822. The molecule has 118 valence electrons. The monoisotopic (exact) mass is 331 g/mol. The van der Waals surface area contributed by atoms with E-state index in [9.17, 15) is 9.18 Å². The smallest absolute Gasteiger partial charge is 0.244 e. The maximum absolute atomic E-state index is 13.2. The molecule has 0 spiro atoms. The molecule has 1 amide bonds. The van der Waals surface area contributed by atoms with E-state index in [4.69, 9.17) is 11.6 Å². The fraction of sp³-hybridized carbons (Fsp3) is 0.176. The molecule has 2 aromatic rings. The van der Waals surface area contributed by atoms with Crippen LogP contribution in [0.5, 0.6) is 0 Å².